The topological polar surface area (TPSA) is 58.1 Å². The van der Waals surface area contributed by atoms with Crippen molar-refractivity contribution in [2.45, 2.75) is 25.8 Å². The second-order valence-electron chi connectivity index (χ2n) is 4.58. The van der Waals surface area contributed by atoms with Crippen LogP contribution < -0.4 is 11.2 Å². The van der Waals surface area contributed by atoms with E-state index in [0.717, 1.165) is 25.9 Å². The number of hydrogen-bond acceptors (Lipinski definition) is 3. The number of nitrogens with one attached hydrogen (secondary N) is 1. The maximum absolute atomic E-state index is 12.0. The summed E-state index contributed by atoms with van der Waals surface area (Å²) in [7, 11) is 2.04. The lowest BCUT2D eigenvalue weighted by Gasteiger charge is -2.29. The molecule has 0 atom stereocenters. The van der Waals surface area contributed by atoms with E-state index in [4.69, 9.17) is 11.6 Å². The van der Waals surface area contributed by atoms with Gasteiger partial charge in [-0.05, 0) is 39.9 Å². The molecule has 0 saturated carbocycles. The van der Waals surface area contributed by atoms with Crippen LogP contribution in [-0.2, 0) is 0 Å². The van der Waals surface area contributed by atoms with E-state index in [2.05, 4.69) is 9.88 Å². The van der Waals surface area contributed by atoms with Gasteiger partial charge in [0.25, 0.3) is 5.56 Å². The third kappa shape index (κ3) is 2.30. The number of piperidine rings is 1. The van der Waals surface area contributed by atoms with E-state index in [1.165, 1.54) is 4.57 Å². The lowest BCUT2D eigenvalue weighted by atomic mass is 10.1. The standard InChI is InChI=1S/C11H16ClN3O2/c1-7-9(12)13-11(17)15(10(7)16)8-3-5-14(2)6-4-8/h8H,3-6H2,1-2H3,(H,13,17). The summed E-state index contributed by atoms with van der Waals surface area (Å²) in [5.41, 5.74) is -0.265. The number of nitrogens with zero attached hydrogens (tertiary/aromatic N) is 2. The van der Waals surface area contributed by atoms with E-state index in [1.54, 1.807) is 6.92 Å². The fourth-order valence-electron chi connectivity index (χ4n) is 2.20. The Hall–Kier alpha value is -1.07. The molecule has 2 rings (SSSR count). The SMILES string of the molecule is Cc1c(Cl)[nH]c(=O)n(C2CCN(C)CC2)c1=O. The highest BCUT2D eigenvalue weighted by molar-refractivity contribution is 6.30. The molecule has 1 N–H and O–H groups in total. The maximum atomic E-state index is 12.0. The Morgan fingerprint density at radius 1 is 1.29 bits per heavy atom. The highest BCUT2D eigenvalue weighted by Crippen LogP contribution is 2.19. The summed E-state index contributed by atoms with van der Waals surface area (Å²) in [6, 6.07) is -0.0154. The first-order valence-corrected chi connectivity index (χ1v) is 6.08. The van der Waals surface area contributed by atoms with Crippen LogP contribution in [0.4, 0.5) is 0 Å². The molecule has 0 spiro atoms. The minimum atomic E-state index is -0.403. The van der Waals surface area contributed by atoms with Crippen molar-refractivity contribution in [1.82, 2.24) is 14.5 Å². The Morgan fingerprint density at radius 3 is 2.47 bits per heavy atom. The normalized spacial score (nSPS) is 18.5. The van der Waals surface area contributed by atoms with Crippen molar-refractivity contribution in [3.05, 3.63) is 31.6 Å². The monoisotopic (exact) mass is 257 g/mol. The van der Waals surface area contributed by atoms with Crippen LogP contribution in [0.5, 0.6) is 0 Å². The maximum Gasteiger partial charge on any atom is 0.329 e. The van der Waals surface area contributed by atoms with Crippen LogP contribution in [0.15, 0.2) is 9.59 Å². The number of aromatic amines is 1. The van der Waals surface area contributed by atoms with Crippen molar-refractivity contribution in [3.8, 4) is 0 Å². The average Bonchev–Trinajstić information content (AvgIpc) is 2.29. The Morgan fingerprint density at radius 2 is 1.88 bits per heavy atom. The first-order chi connectivity index (χ1) is 8.00. The van der Waals surface area contributed by atoms with Gasteiger partial charge in [0.15, 0.2) is 0 Å². The van der Waals surface area contributed by atoms with Gasteiger partial charge in [-0.25, -0.2) is 4.79 Å². The molecule has 6 heteroatoms. The summed E-state index contributed by atoms with van der Waals surface area (Å²) >= 11 is 5.78. The van der Waals surface area contributed by atoms with Gasteiger partial charge < -0.3 is 4.90 Å². The van der Waals surface area contributed by atoms with Gasteiger partial charge in [-0.2, -0.15) is 0 Å². The predicted octanol–water partition coefficient (Wildman–Crippen LogP) is 0.765. The minimum Gasteiger partial charge on any atom is -0.306 e. The lowest BCUT2D eigenvalue weighted by molar-refractivity contribution is 0.215. The molecule has 1 aliphatic rings. The fourth-order valence-corrected chi connectivity index (χ4v) is 2.36. The van der Waals surface area contributed by atoms with Crippen LogP contribution in [0.2, 0.25) is 5.15 Å². The first kappa shape index (κ1) is 12.4. The van der Waals surface area contributed by atoms with Crippen LogP contribution in [0.25, 0.3) is 0 Å². The predicted molar refractivity (Wildman–Crippen MR) is 66.8 cm³/mol. The van der Waals surface area contributed by atoms with Crippen LogP contribution in [0.1, 0.15) is 24.4 Å². The molecule has 0 amide bonds. The summed E-state index contributed by atoms with van der Waals surface area (Å²) in [6.07, 6.45) is 1.64. The molecule has 1 aromatic rings. The molecule has 0 aliphatic carbocycles. The summed E-state index contributed by atoms with van der Waals surface area (Å²) in [5, 5.41) is 0.143. The highest BCUT2D eigenvalue weighted by atomic mass is 35.5. The molecule has 1 fully saturated rings. The van der Waals surface area contributed by atoms with E-state index < -0.39 is 5.69 Å². The third-order valence-corrected chi connectivity index (χ3v) is 3.74. The zero-order valence-corrected chi connectivity index (χ0v) is 10.8. The molecule has 2 heterocycles. The summed E-state index contributed by atoms with van der Waals surface area (Å²) in [5.74, 6) is 0. The number of rotatable bonds is 1. The molecule has 0 unspecified atom stereocenters. The van der Waals surface area contributed by atoms with Crippen molar-refractivity contribution in [1.29, 1.82) is 0 Å². The second-order valence-corrected chi connectivity index (χ2v) is 4.96. The van der Waals surface area contributed by atoms with E-state index in [0.29, 0.717) is 5.56 Å². The third-order valence-electron chi connectivity index (χ3n) is 3.36. The zero-order chi connectivity index (χ0) is 12.6. The van der Waals surface area contributed by atoms with E-state index in [-0.39, 0.29) is 16.8 Å². The smallest absolute Gasteiger partial charge is 0.306 e. The van der Waals surface area contributed by atoms with Gasteiger partial charge in [0, 0.05) is 11.6 Å². The van der Waals surface area contributed by atoms with Crippen molar-refractivity contribution < 1.29 is 0 Å². The van der Waals surface area contributed by atoms with Crippen molar-refractivity contribution in [2.75, 3.05) is 20.1 Å². The Kier molecular flexibility index (Phi) is 3.40. The van der Waals surface area contributed by atoms with Gasteiger partial charge in [0.2, 0.25) is 0 Å². The summed E-state index contributed by atoms with van der Waals surface area (Å²) in [6.45, 7) is 3.43. The number of H-pyrrole nitrogens is 1. The number of hydrogen-bond donors (Lipinski definition) is 1. The van der Waals surface area contributed by atoms with E-state index in [1.807, 2.05) is 7.05 Å². The van der Waals surface area contributed by atoms with Crippen LogP contribution in [0.3, 0.4) is 0 Å². The molecule has 0 radical (unpaired) electrons. The zero-order valence-electron chi connectivity index (χ0n) is 9.99. The number of aromatic nitrogens is 2. The Labute approximate surface area is 104 Å². The molecule has 1 saturated heterocycles. The van der Waals surface area contributed by atoms with Crippen molar-refractivity contribution in [2.24, 2.45) is 0 Å². The van der Waals surface area contributed by atoms with Crippen molar-refractivity contribution in [3.63, 3.8) is 0 Å². The molecule has 17 heavy (non-hydrogen) atoms. The molecule has 1 aromatic heterocycles. The largest absolute Gasteiger partial charge is 0.329 e. The van der Waals surface area contributed by atoms with Crippen molar-refractivity contribution >= 4 is 11.6 Å². The van der Waals surface area contributed by atoms with Gasteiger partial charge in [-0.1, -0.05) is 11.6 Å². The summed E-state index contributed by atoms with van der Waals surface area (Å²) < 4.78 is 1.31. The minimum absolute atomic E-state index is 0.0154. The fraction of sp³-hybridized carbons (Fsp3) is 0.636. The van der Waals surface area contributed by atoms with Crippen LogP contribution in [-0.4, -0.2) is 34.6 Å². The molecular weight excluding hydrogens is 242 g/mol. The molecule has 1 aliphatic heterocycles. The van der Waals surface area contributed by atoms with Gasteiger partial charge in [0.1, 0.15) is 5.15 Å². The van der Waals surface area contributed by atoms with Crippen LogP contribution >= 0.6 is 11.6 Å². The second kappa shape index (κ2) is 4.66. The quantitative estimate of drug-likeness (QED) is 0.756. The average molecular weight is 258 g/mol. The first-order valence-electron chi connectivity index (χ1n) is 5.70. The number of halogens is 1. The molecule has 5 nitrogen and oxygen atoms in total. The molecule has 0 bridgehead atoms. The lowest BCUT2D eigenvalue weighted by Crippen LogP contribution is -2.43. The van der Waals surface area contributed by atoms with E-state index >= 15 is 0 Å². The van der Waals surface area contributed by atoms with Gasteiger partial charge in [0.05, 0.1) is 0 Å². The summed E-state index contributed by atoms with van der Waals surface area (Å²) in [4.78, 5) is 28.5. The Bertz CT molecular complexity index is 526. The van der Waals surface area contributed by atoms with Gasteiger partial charge in [-0.15, -0.1) is 0 Å². The molecule has 0 aromatic carbocycles. The van der Waals surface area contributed by atoms with Crippen LogP contribution in [0, 0.1) is 6.92 Å². The highest BCUT2D eigenvalue weighted by Gasteiger charge is 2.22. The number of likely N-dealkylation sites (tertiary alicyclic amines) is 1. The Balaban J connectivity index is 2.43. The van der Waals surface area contributed by atoms with E-state index in [9.17, 15) is 9.59 Å². The van der Waals surface area contributed by atoms with Gasteiger partial charge in [-0.3, -0.25) is 14.3 Å². The van der Waals surface area contributed by atoms with Gasteiger partial charge >= 0.3 is 5.69 Å². The molecule has 94 valence electrons. The molecular formula is C11H16ClN3O2.